The maximum atomic E-state index is 10.7. The van der Waals surface area contributed by atoms with E-state index in [2.05, 4.69) is 32.9 Å². The Bertz CT molecular complexity index is 429. The van der Waals surface area contributed by atoms with Crippen molar-refractivity contribution in [3.63, 3.8) is 0 Å². The molecule has 1 fully saturated rings. The van der Waals surface area contributed by atoms with Crippen molar-refractivity contribution >= 4 is 6.29 Å². The molecule has 0 aromatic rings. The third-order valence-corrected chi connectivity index (χ3v) is 4.37. The number of rotatable bonds is 1. The fraction of sp³-hybridized carbons (Fsp3) is 0.588. The highest BCUT2D eigenvalue weighted by atomic mass is 16.5. The normalized spacial score (nSPS) is 34.1. The Labute approximate surface area is 116 Å². The molecule has 104 valence electrons. The van der Waals surface area contributed by atoms with Gasteiger partial charge in [-0.1, -0.05) is 24.1 Å². The van der Waals surface area contributed by atoms with E-state index in [0.717, 1.165) is 37.7 Å². The first-order valence-corrected chi connectivity index (χ1v) is 7.26. The summed E-state index contributed by atoms with van der Waals surface area (Å²) in [6.07, 6.45) is 11.7. The van der Waals surface area contributed by atoms with E-state index >= 15 is 0 Å². The van der Waals surface area contributed by atoms with Gasteiger partial charge in [0.25, 0.3) is 0 Å². The molecule has 2 rings (SSSR count). The third-order valence-electron chi connectivity index (χ3n) is 4.37. The lowest BCUT2D eigenvalue weighted by molar-refractivity contribution is -0.104. The van der Waals surface area contributed by atoms with E-state index in [1.807, 2.05) is 0 Å². The van der Waals surface area contributed by atoms with Gasteiger partial charge in [0.05, 0.1) is 0 Å². The van der Waals surface area contributed by atoms with E-state index in [4.69, 9.17) is 4.74 Å². The summed E-state index contributed by atoms with van der Waals surface area (Å²) in [4.78, 5) is 10.7. The highest BCUT2D eigenvalue weighted by Gasteiger charge is 2.37. The van der Waals surface area contributed by atoms with Crippen LogP contribution in [0.5, 0.6) is 0 Å². The molecule has 1 saturated heterocycles. The number of hydrogen-bond donors (Lipinski definition) is 0. The maximum absolute atomic E-state index is 10.7. The standard InChI is InChI=1S/C17H24O2/c1-12-5-4-6-13(2)11-17-15(8-7-12)14(3)16(19-17)9-10-18/h5,9-11,14-15,17H,4,6-8H2,1-3H3. The molecule has 0 aromatic carbocycles. The minimum absolute atomic E-state index is 0.145. The molecule has 1 heterocycles. The number of carbonyl (C=O) groups is 1. The number of aldehydes is 1. The molecule has 0 spiro atoms. The molecule has 19 heavy (non-hydrogen) atoms. The number of ether oxygens (including phenoxy) is 1. The summed E-state index contributed by atoms with van der Waals surface area (Å²) >= 11 is 0. The van der Waals surface area contributed by atoms with Gasteiger partial charge in [0, 0.05) is 17.9 Å². The molecule has 2 heteroatoms. The van der Waals surface area contributed by atoms with E-state index in [0.29, 0.717) is 11.8 Å². The van der Waals surface area contributed by atoms with Gasteiger partial charge < -0.3 is 4.74 Å². The molecule has 2 aliphatic rings. The Hall–Kier alpha value is -1.31. The Morgan fingerprint density at radius 2 is 2.05 bits per heavy atom. The smallest absolute Gasteiger partial charge is 0.146 e. The summed E-state index contributed by atoms with van der Waals surface area (Å²) in [7, 11) is 0. The first kappa shape index (κ1) is 14.1. The van der Waals surface area contributed by atoms with Crippen LogP contribution in [0.25, 0.3) is 0 Å². The summed E-state index contributed by atoms with van der Waals surface area (Å²) in [6.45, 7) is 6.57. The van der Waals surface area contributed by atoms with Gasteiger partial charge in [-0.3, -0.25) is 4.79 Å². The molecule has 0 N–H and O–H groups in total. The van der Waals surface area contributed by atoms with Crippen molar-refractivity contribution in [1.29, 1.82) is 0 Å². The topological polar surface area (TPSA) is 26.3 Å². The van der Waals surface area contributed by atoms with Crippen LogP contribution in [0.15, 0.2) is 35.1 Å². The monoisotopic (exact) mass is 260 g/mol. The molecule has 1 aliphatic heterocycles. The number of carbonyl (C=O) groups excluding carboxylic acids is 1. The highest BCUT2D eigenvalue weighted by Crippen LogP contribution is 2.40. The van der Waals surface area contributed by atoms with Crippen molar-refractivity contribution in [2.24, 2.45) is 11.8 Å². The molecule has 0 aromatic heterocycles. The summed E-state index contributed by atoms with van der Waals surface area (Å²) < 4.78 is 5.99. The lowest BCUT2D eigenvalue weighted by Gasteiger charge is -2.19. The van der Waals surface area contributed by atoms with E-state index in [1.165, 1.54) is 11.1 Å². The molecule has 3 atom stereocenters. The number of allylic oxidation sites excluding steroid dienone is 5. The third kappa shape index (κ3) is 3.37. The Balaban J connectivity index is 2.24. The second-order valence-electron chi connectivity index (χ2n) is 5.88. The minimum Gasteiger partial charge on any atom is -0.490 e. The molecule has 0 bridgehead atoms. The van der Waals surface area contributed by atoms with Crippen molar-refractivity contribution in [3.8, 4) is 0 Å². The maximum Gasteiger partial charge on any atom is 0.146 e. The second-order valence-corrected chi connectivity index (χ2v) is 5.88. The van der Waals surface area contributed by atoms with Gasteiger partial charge in [-0.2, -0.15) is 0 Å². The van der Waals surface area contributed by atoms with Gasteiger partial charge in [0.1, 0.15) is 18.1 Å². The molecule has 0 radical (unpaired) electrons. The van der Waals surface area contributed by atoms with Crippen molar-refractivity contribution < 1.29 is 9.53 Å². The van der Waals surface area contributed by atoms with Crippen molar-refractivity contribution in [3.05, 3.63) is 35.1 Å². The van der Waals surface area contributed by atoms with Gasteiger partial charge in [-0.25, -0.2) is 0 Å². The van der Waals surface area contributed by atoms with Crippen LogP contribution < -0.4 is 0 Å². The minimum atomic E-state index is 0.145. The Kier molecular flexibility index (Phi) is 4.62. The van der Waals surface area contributed by atoms with Crippen LogP contribution in [0.4, 0.5) is 0 Å². The SMILES string of the molecule is CC1=CC2OC(=CC=O)C(C)C2CCC(C)=CCC1. The molecule has 0 saturated carbocycles. The lowest BCUT2D eigenvalue weighted by atomic mass is 9.84. The van der Waals surface area contributed by atoms with Crippen LogP contribution in [0.2, 0.25) is 0 Å². The van der Waals surface area contributed by atoms with Crippen LogP contribution in [0.1, 0.15) is 46.5 Å². The van der Waals surface area contributed by atoms with E-state index in [1.54, 1.807) is 6.08 Å². The number of hydrogen-bond acceptors (Lipinski definition) is 2. The van der Waals surface area contributed by atoms with E-state index in [9.17, 15) is 4.79 Å². The van der Waals surface area contributed by atoms with Crippen LogP contribution in [0.3, 0.4) is 0 Å². The predicted molar refractivity (Wildman–Crippen MR) is 77.7 cm³/mol. The fourth-order valence-corrected chi connectivity index (χ4v) is 3.08. The summed E-state index contributed by atoms with van der Waals surface area (Å²) in [6, 6.07) is 0. The molecule has 1 aliphatic carbocycles. The van der Waals surface area contributed by atoms with Crippen molar-refractivity contribution in [2.45, 2.75) is 52.6 Å². The van der Waals surface area contributed by atoms with Gasteiger partial charge in [0.15, 0.2) is 0 Å². The fourth-order valence-electron chi connectivity index (χ4n) is 3.08. The van der Waals surface area contributed by atoms with Crippen LogP contribution in [-0.4, -0.2) is 12.4 Å². The van der Waals surface area contributed by atoms with Gasteiger partial charge >= 0.3 is 0 Å². The number of fused-ring (bicyclic) bond motifs is 1. The molecule has 0 amide bonds. The van der Waals surface area contributed by atoms with Crippen LogP contribution >= 0.6 is 0 Å². The molecule has 3 unspecified atom stereocenters. The molecule has 2 nitrogen and oxygen atoms in total. The predicted octanol–water partition coefficient (Wildman–Crippen LogP) is 4.19. The largest absolute Gasteiger partial charge is 0.490 e. The van der Waals surface area contributed by atoms with E-state index in [-0.39, 0.29) is 6.10 Å². The quantitative estimate of drug-likeness (QED) is 0.401. The first-order chi connectivity index (χ1) is 9.11. The molecular formula is C17H24O2. The zero-order valence-corrected chi connectivity index (χ0v) is 12.2. The Morgan fingerprint density at radius 1 is 1.26 bits per heavy atom. The van der Waals surface area contributed by atoms with Crippen LogP contribution in [0, 0.1) is 11.8 Å². The summed E-state index contributed by atoms with van der Waals surface area (Å²) in [5.74, 6) is 1.68. The van der Waals surface area contributed by atoms with Crippen molar-refractivity contribution in [2.75, 3.05) is 0 Å². The lowest BCUT2D eigenvalue weighted by Crippen LogP contribution is -2.18. The Morgan fingerprint density at radius 3 is 2.79 bits per heavy atom. The average Bonchev–Trinajstić information content (AvgIpc) is 2.64. The summed E-state index contributed by atoms with van der Waals surface area (Å²) in [5.41, 5.74) is 2.87. The average molecular weight is 260 g/mol. The molecular weight excluding hydrogens is 236 g/mol. The first-order valence-electron chi connectivity index (χ1n) is 7.26. The highest BCUT2D eigenvalue weighted by molar-refractivity contribution is 5.65. The van der Waals surface area contributed by atoms with E-state index < -0.39 is 0 Å². The van der Waals surface area contributed by atoms with Crippen molar-refractivity contribution in [1.82, 2.24) is 0 Å². The van der Waals surface area contributed by atoms with Gasteiger partial charge in [0.2, 0.25) is 0 Å². The van der Waals surface area contributed by atoms with Crippen LogP contribution in [-0.2, 0) is 9.53 Å². The second kappa shape index (κ2) is 6.23. The zero-order chi connectivity index (χ0) is 13.8. The zero-order valence-electron chi connectivity index (χ0n) is 12.2. The summed E-state index contributed by atoms with van der Waals surface area (Å²) in [5, 5.41) is 0. The van der Waals surface area contributed by atoms with Gasteiger partial charge in [-0.15, -0.1) is 0 Å². The van der Waals surface area contributed by atoms with Gasteiger partial charge in [-0.05, 0) is 45.6 Å².